The average Bonchev–Trinajstić information content (AvgIpc) is 2.85. The number of nitrogens with two attached hydrogens (primary N) is 1. The predicted octanol–water partition coefficient (Wildman–Crippen LogP) is 0.707. The Morgan fingerprint density at radius 1 is 1.63 bits per heavy atom. The molecule has 3 N–H and O–H groups in total. The van der Waals surface area contributed by atoms with Crippen LogP contribution in [0.2, 0.25) is 0 Å². The van der Waals surface area contributed by atoms with Crippen molar-refractivity contribution in [1.29, 1.82) is 0 Å². The van der Waals surface area contributed by atoms with Gasteiger partial charge in [0.15, 0.2) is 5.84 Å². The molecule has 0 aromatic carbocycles. The molecule has 1 unspecified atom stereocenters. The van der Waals surface area contributed by atoms with Crippen molar-refractivity contribution in [2.24, 2.45) is 10.9 Å². The van der Waals surface area contributed by atoms with Gasteiger partial charge in [-0.2, -0.15) is 0 Å². The molecule has 1 aliphatic heterocycles. The van der Waals surface area contributed by atoms with E-state index in [4.69, 9.17) is 10.9 Å². The van der Waals surface area contributed by atoms with E-state index in [-0.39, 0.29) is 5.84 Å². The molecule has 19 heavy (non-hydrogen) atoms. The third kappa shape index (κ3) is 2.96. The van der Waals surface area contributed by atoms with Gasteiger partial charge in [0.1, 0.15) is 5.69 Å². The Labute approximate surface area is 113 Å². The van der Waals surface area contributed by atoms with Gasteiger partial charge in [-0.3, -0.25) is 4.98 Å². The minimum atomic E-state index is 0.0612. The Hall–Kier alpha value is -1.82. The quantitative estimate of drug-likeness (QED) is 0.362. The zero-order valence-electron chi connectivity index (χ0n) is 11.5. The first-order chi connectivity index (χ1) is 9.13. The van der Waals surface area contributed by atoms with E-state index < -0.39 is 0 Å². The lowest BCUT2D eigenvalue weighted by atomic mass is 10.2. The Morgan fingerprint density at radius 2 is 2.42 bits per heavy atom. The summed E-state index contributed by atoms with van der Waals surface area (Å²) in [6.45, 7) is 1.97. The third-order valence-electron chi connectivity index (χ3n) is 3.40. The van der Waals surface area contributed by atoms with Gasteiger partial charge in [-0.05, 0) is 39.1 Å². The summed E-state index contributed by atoms with van der Waals surface area (Å²) in [6.07, 6.45) is 3.97. The molecule has 0 aliphatic carbocycles. The number of likely N-dealkylation sites (N-methyl/N-ethyl adjacent to an activating group) is 1. The Balaban J connectivity index is 2.30. The third-order valence-corrected chi connectivity index (χ3v) is 3.40. The van der Waals surface area contributed by atoms with Crippen LogP contribution in [-0.4, -0.2) is 54.2 Å². The van der Waals surface area contributed by atoms with Gasteiger partial charge in [0.2, 0.25) is 0 Å². The van der Waals surface area contributed by atoms with E-state index in [1.807, 2.05) is 12.1 Å². The number of hydrogen-bond acceptors (Lipinski definition) is 5. The molecule has 1 aromatic heterocycles. The summed E-state index contributed by atoms with van der Waals surface area (Å²) in [5, 5.41) is 11.9. The molecule has 1 aliphatic rings. The lowest BCUT2D eigenvalue weighted by Gasteiger charge is -2.30. The predicted molar refractivity (Wildman–Crippen MR) is 75.7 cm³/mol. The summed E-state index contributed by atoms with van der Waals surface area (Å²) < 4.78 is 0. The smallest absolute Gasteiger partial charge is 0.190 e. The summed E-state index contributed by atoms with van der Waals surface area (Å²) >= 11 is 0. The number of nitrogens with zero attached hydrogens (tertiary/aromatic N) is 4. The van der Waals surface area contributed by atoms with Crippen LogP contribution in [0.5, 0.6) is 0 Å². The second-order valence-electron chi connectivity index (χ2n) is 5.11. The van der Waals surface area contributed by atoms with Crippen LogP contribution in [0.25, 0.3) is 0 Å². The van der Waals surface area contributed by atoms with Crippen LogP contribution in [0.1, 0.15) is 18.5 Å². The highest BCUT2D eigenvalue weighted by Crippen LogP contribution is 2.27. The van der Waals surface area contributed by atoms with Crippen LogP contribution in [0.3, 0.4) is 0 Å². The summed E-state index contributed by atoms with van der Waals surface area (Å²) in [6, 6.07) is 4.31. The Morgan fingerprint density at radius 3 is 3.11 bits per heavy atom. The maximum atomic E-state index is 8.86. The molecule has 0 saturated carbocycles. The molecule has 2 rings (SSSR count). The molecule has 104 valence electrons. The molecule has 6 heteroatoms. The maximum Gasteiger partial charge on any atom is 0.190 e. The van der Waals surface area contributed by atoms with Crippen molar-refractivity contribution in [3.8, 4) is 0 Å². The number of anilines is 1. The average molecular weight is 263 g/mol. The number of oxime groups is 1. The van der Waals surface area contributed by atoms with Gasteiger partial charge >= 0.3 is 0 Å². The van der Waals surface area contributed by atoms with Crippen LogP contribution >= 0.6 is 0 Å². The number of hydrogen-bond donors (Lipinski definition) is 2. The molecule has 0 radical (unpaired) electrons. The highest BCUT2D eigenvalue weighted by molar-refractivity contribution is 6.00. The van der Waals surface area contributed by atoms with Crippen LogP contribution in [-0.2, 0) is 0 Å². The number of rotatable bonds is 4. The standard InChI is InChI=1S/C13H21N5O/c1-17(2)9-10-5-4-8-18(10)11-6-3-7-15-12(11)13(14)16-19/h3,6-7,10,19H,4-5,8-9H2,1-2H3,(H2,14,16). The van der Waals surface area contributed by atoms with Crippen molar-refractivity contribution >= 4 is 11.5 Å². The van der Waals surface area contributed by atoms with Gasteiger partial charge in [-0.15, -0.1) is 0 Å². The van der Waals surface area contributed by atoms with Crippen LogP contribution in [0.15, 0.2) is 23.5 Å². The van der Waals surface area contributed by atoms with E-state index in [2.05, 4.69) is 34.0 Å². The van der Waals surface area contributed by atoms with Crippen molar-refractivity contribution in [2.45, 2.75) is 18.9 Å². The minimum Gasteiger partial charge on any atom is -0.409 e. The Kier molecular flexibility index (Phi) is 4.21. The molecule has 0 amide bonds. The number of aromatic nitrogens is 1. The molecule has 1 aromatic rings. The molecule has 0 bridgehead atoms. The summed E-state index contributed by atoms with van der Waals surface area (Å²) in [4.78, 5) is 8.73. The monoisotopic (exact) mass is 263 g/mol. The first kappa shape index (κ1) is 13.6. The normalized spacial score (nSPS) is 20.3. The van der Waals surface area contributed by atoms with Crippen LogP contribution < -0.4 is 10.6 Å². The first-order valence-corrected chi connectivity index (χ1v) is 6.47. The molecule has 1 atom stereocenters. The summed E-state index contributed by atoms with van der Waals surface area (Å²) in [5.74, 6) is 0.0612. The van der Waals surface area contributed by atoms with Gasteiger partial charge in [0.05, 0.1) is 5.69 Å². The molecule has 2 heterocycles. The van der Waals surface area contributed by atoms with Gasteiger partial charge < -0.3 is 20.7 Å². The lowest BCUT2D eigenvalue weighted by Crippen LogP contribution is -2.38. The maximum absolute atomic E-state index is 8.86. The Bertz CT molecular complexity index is 460. The van der Waals surface area contributed by atoms with Crippen molar-refractivity contribution in [3.63, 3.8) is 0 Å². The minimum absolute atomic E-state index is 0.0612. The molecule has 0 spiro atoms. The lowest BCUT2D eigenvalue weighted by molar-refractivity contribution is 0.318. The molecular weight excluding hydrogens is 242 g/mol. The zero-order valence-corrected chi connectivity index (χ0v) is 11.5. The fraction of sp³-hybridized carbons (Fsp3) is 0.538. The van der Waals surface area contributed by atoms with Crippen molar-refractivity contribution in [3.05, 3.63) is 24.0 Å². The molecule has 1 fully saturated rings. The van der Waals surface area contributed by atoms with Gasteiger partial charge in [-0.1, -0.05) is 5.16 Å². The largest absolute Gasteiger partial charge is 0.409 e. The van der Waals surface area contributed by atoms with E-state index in [1.165, 1.54) is 0 Å². The highest BCUT2D eigenvalue weighted by atomic mass is 16.4. The zero-order chi connectivity index (χ0) is 13.8. The SMILES string of the molecule is CN(C)CC1CCCN1c1cccnc1/C(N)=N/O. The number of pyridine rings is 1. The van der Waals surface area contributed by atoms with Gasteiger partial charge in [-0.25, -0.2) is 0 Å². The highest BCUT2D eigenvalue weighted by Gasteiger charge is 2.27. The van der Waals surface area contributed by atoms with Crippen LogP contribution in [0.4, 0.5) is 5.69 Å². The summed E-state index contributed by atoms with van der Waals surface area (Å²) in [7, 11) is 4.15. The van der Waals surface area contributed by atoms with E-state index in [1.54, 1.807) is 6.20 Å². The molecule has 1 saturated heterocycles. The second kappa shape index (κ2) is 5.88. The van der Waals surface area contributed by atoms with Crippen molar-refractivity contribution in [2.75, 3.05) is 32.1 Å². The fourth-order valence-electron chi connectivity index (χ4n) is 2.64. The second-order valence-corrected chi connectivity index (χ2v) is 5.11. The van der Waals surface area contributed by atoms with E-state index in [0.717, 1.165) is 31.6 Å². The van der Waals surface area contributed by atoms with E-state index in [9.17, 15) is 0 Å². The summed E-state index contributed by atoms with van der Waals surface area (Å²) in [5.41, 5.74) is 7.21. The van der Waals surface area contributed by atoms with Crippen molar-refractivity contribution < 1.29 is 5.21 Å². The first-order valence-electron chi connectivity index (χ1n) is 6.47. The van der Waals surface area contributed by atoms with E-state index in [0.29, 0.717) is 11.7 Å². The topological polar surface area (TPSA) is 78.0 Å². The molecule has 6 nitrogen and oxygen atoms in total. The van der Waals surface area contributed by atoms with E-state index >= 15 is 0 Å². The fourth-order valence-corrected chi connectivity index (χ4v) is 2.64. The van der Waals surface area contributed by atoms with Gasteiger partial charge in [0, 0.05) is 25.3 Å². The van der Waals surface area contributed by atoms with Gasteiger partial charge in [0.25, 0.3) is 0 Å². The molecular formula is C13H21N5O. The van der Waals surface area contributed by atoms with Crippen molar-refractivity contribution in [1.82, 2.24) is 9.88 Å². The van der Waals surface area contributed by atoms with Crippen LogP contribution in [0, 0.1) is 0 Å². The number of amidine groups is 1.